The Morgan fingerprint density at radius 2 is 1.63 bits per heavy atom. The van der Waals surface area contributed by atoms with Gasteiger partial charge in [-0.05, 0) is 43.3 Å². The van der Waals surface area contributed by atoms with Gasteiger partial charge in [-0.3, -0.25) is 4.79 Å². The largest absolute Gasteiger partial charge is 0.497 e. The van der Waals surface area contributed by atoms with E-state index in [1.807, 2.05) is 24.3 Å². The van der Waals surface area contributed by atoms with Crippen molar-refractivity contribution < 1.29 is 27.4 Å². The summed E-state index contributed by atoms with van der Waals surface area (Å²) in [5.41, 5.74) is 1.32. The molecule has 2 heterocycles. The number of nitrogens with zero attached hydrogens (tertiary/aromatic N) is 4. The zero-order valence-electron chi connectivity index (χ0n) is 19.4. The molecule has 0 aliphatic carbocycles. The fraction of sp³-hybridized carbons (Fsp3) is 0.320. The molecule has 0 atom stereocenters. The second kappa shape index (κ2) is 10.2. The third-order valence-corrected chi connectivity index (χ3v) is 5.71. The van der Waals surface area contributed by atoms with Crippen molar-refractivity contribution >= 4 is 11.6 Å². The molecule has 10 heteroatoms. The minimum atomic E-state index is -4.42. The second-order valence-electron chi connectivity index (χ2n) is 8.10. The first-order chi connectivity index (χ1) is 16.7. The van der Waals surface area contributed by atoms with Gasteiger partial charge in [0.1, 0.15) is 5.75 Å². The van der Waals surface area contributed by atoms with Crippen molar-refractivity contribution in [3.05, 3.63) is 65.9 Å². The van der Waals surface area contributed by atoms with Crippen molar-refractivity contribution in [3.8, 4) is 23.0 Å². The van der Waals surface area contributed by atoms with E-state index in [2.05, 4.69) is 14.9 Å². The molecule has 35 heavy (non-hydrogen) atoms. The standard InChI is InChI=1S/C25H25F3N4O3/c1-17-15-22(30-24(29-17)18-3-5-19(6-4-18)25(26,27)28)35-16-23(33)32-13-11-31(12-14-32)20-7-9-21(34-2)10-8-20/h3-10,15H,11-14,16H2,1-2H3. The second-order valence-corrected chi connectivity index (χ2v) is 8.10. The monoisotopic (exact) mass is 486 g/mol. The van der Waals surface area contributed by atoms with Crippen molar-refractivity contribution in [2.24, 2.45) is 0 Å². The third-order valence-electron chi connectivity index (χ3n) is 5.71. The highest BCUT2D eigenvalue weighted by atomic mass is 19.4. The van der Waals surface area contributed by atoms with Crippen LogP contribution in [0.1, 0.15) is 11.3 Å². The summed E-state index contributed by atoms with van der Waals surface area (Å²) in [6.45, 7) is 4.06. The summed E-state index contributed by atoms with van der Waals surface area (Å²) in [5.74, 6) is 1.06. The minimum Gasteiger partial charge on any atom is -0.497 e. The smallest absolute Gasteiger partial charge is 0.416 e. The zero-order valence-corrected chi connectivity index (χ0v) is 19.4. The molecule has 1 amide bonds. The lowest BCUT2D eigenvalue weighted by Gasteiger charge is -2.36. The van der Waals surface area contributed by atoms with Crippen LogP contribution in [0.3, 0.4) is 0 Å². The van der Waals surface area contributed by atoms with Crippen LogP contribution in [0.15, 0.2) is 54.6 Å². The van der Waals surface area contributed by atoms with Crippen molar-refractivity contribution in [2.45, 2.75) is 13.1 Å². The average Bonchev–Trinajstić information content (AvgIpc) is 2.87. The molecule has 1 aliphatic heterocycles. The van der Waals surface area contributed by atoms with Gasteiger partial charge in [0.15, 0.2) is 12.4 Å². The molecule has 0 bridgehead atoms. The lowest BCUT2D eigenvalue weighted by Crippen LogP contribution is -2.50. The van der Waals surface area contributed by atoms with Crippen molar-refractivity contribution in [3.63, 3.8) is 0 Å². The summed E-state index contributed by atoms with van der Waals surface area (Å²) >= 11 is 0. The number of piperazine rings is 1. The van der Waals surface area contributed by atoms with Crippen LogP contribution in [0.4, 0.5) is 18.9 Å². The maximum Gasteiger partial charge on any atom is 0.416 e. The molecular formula is C25H25F3N4O3. The maximum absolute atomic E-state index is 12.8. The highest BCUT2D eigenvalue weighted by Crippen LogP contribution is 2.30. The van der Waals surface area contributed by atoms with Crippen LogP contribution in [0.25, 0.3) is 11.4 Å². The van der Waals surface area contributed by atoms with Gasteiger partial charge in [-0.2, -0.15) is 18.2 Å². The fourth-order valence-corrected chi connectivity index (χ4v) is 3.79. The van der Waals surface area contributed by atoms with Gasteiger partial charge in [-0.15, -0.1) is 0 Å². The van der Waals surface area contributed by atoms with E-state index in [1.54, 1.807) is 25.0 Å². The number of ether oxygens (including phenoxy) is 2. The molecule has 0 spiro atoms. The lowest BCUT2D eigenvalue weighted by atomic mass is 10.1. The van der Waals surface area contributed by atoms with E-state index in [4.69, 9.17) is 9.47 Å². The quantitative estimate of drug-likeness (QED) is 0.520. The van der Waals surface area contributed by atoms with Gasteiger partial charge in [0, 0.05) is 49.2 Å². The summed E-state index contributed by atoms with van der Waals surface area (Å²) in [6, 6.07) is 14.0. The van der Waals surface area contributed by atoms with Crippen LogP contribution in [-0.2, 0) is 11.0 Å². The van der Waals surface area contributed by atoms with Crippen LogP contribution in [0, 0.1) is 6.92 Å². The first kappa shape index (κ1) is 24.3. The number of hydrogen-bond acceptors (Lipinski definition) is 6. The van der Waals surface area contributed by atoms with Gasteiger partial charge in [0.2, 0.25) is 5.88 Å². The SMILES string of the molecule is COc1ccc(N2CCN(C(=O)COc3cc(C)nc(-c4ccc(C(F)(F)F)cc4)n3)CC2)cc1. The fourth-order valence-electron chi connectivity index (χ4n) is 3.79. The summed E-state index contributed by atoms with van der Waals surface area (Å²) in [6.07, 6.45) is -4.42. The number of anilines is 1. The lowest BCUT2D eigenvalue weighted by molar-refractivity contribution is -0.137. The number of hydrogen-bond donors (Lipinski definition) is 0. The number of halogens is 3. The molecule has 1 aliphatic rings. The van der Waals surface area contributed by atoms with E-state index in [9.17, 15) is 18.0 Å². The summed E-state index contributed by atoms with van der Waals surface area (Å²) < 4.78 is 49.3. The number of aryl methyl sites for hydroxylation is 1. The molecule has 184 valence electrons. The summed E-state index contributed by atoms with van der Waals surface area (Å²) in [7, 11) is 1.62. The van der Waals surface area contributed by atoms with Gasteiger partial charge in [0.05, 0.1) is 12.7 Å². The number of carbonyl (C=O) groups is 1. The Kier molecular flexibility index (Phi) is 7.09. The average molecular weight is 486 g/mol. The topological polar surface area (TPSA) is 67.8 Å². The molecule has 3 aromatic rings. The molecule has 0 unspecified atom stereocenters. The van der Waals surface area contributed by atoms with E-state index in [0.29, 0.717) is 37.4 Å². The Balaban J connectivity index is 1.34. The summed E-state index contributed by atoms with van der Waals surface area (Å²) in [4.78, 5) is 25.2. The first-order valence-electron chi connectivity index (χ1n) is 11.1. The minimum absolute atomic E-state index is 0.160. The van der Waals surface area contributed by atoms with E-state index in [-0.39, 0.29) is 24.2 Å². The highest BCUT2D eigenvalue weighted by Gasteiger charge is 2.30. The van der Waals surface area contributed by atoms with Crippen LogP contribution in [-0.4, -0.2) is 60.7 Å². The number of carbonyl (C=O) groups excluding carboxylic acids is 1. The normalized spacial score (nSPS) is 14.1. The van der Waals surface area contributed by atoms with Gasteiger partial charge in [-0.25, -0.2) is 4.98 Å². The summed E-state index contributed by atoms with van der Waals surface area (Å²) in [5, 5.41) is 0. The van der Waals surface area contributed by atoms with Gasteiger partial charge in [-0.1, -0.05) is 12.1 Å². The molecule has 1 fully saturated rings. The van der Waals surface area contributed by atoms with E-state index in [1.165, 1.54) is 12.1 Å². The number of benzene rings is 2. The number of aromatic nitrogens is 2. The van der Waals surface area contributed by atoms with E-state index >= 15 is 0 Å². The van der Waals surface area contributed by atoms with E-state index in [0.717, 1.165) is 23.6 Å². The molecule has 1 saturated heterocycles. The van der Waals surface area contributed by atoms with Crippen LogP contribution >= 0.6 is 0 Å². The molecule has 0 N–H and O–H groups in total. The first-order valence-corrected chi connectivity index (χ1v) is 11.1. The molecule has 4 rings (SSSR count). The van der Waals surface area contributed by atoms with Crippen LogP contribution in [0.5, 0.6) is 11.6 Å². The number of alkyl halides is 3. The molecule has 1 aromatic heterocycles. The number of methoxy groups -OCH3 is 1. The third kappa shape index (κ3) is 6.00. The molecular weight excluding hydrogens is 461 g/mol. The number of amides is 1. The van der Waals surface area contributed by atoms with Gasteiger partial charge < -0.3 is 19.3 Å². The highest BCUT2D eigenvalue weighted by molar-refractivity contribution is 5.78. The van der Waals surface area contributed by atoms with Crippen molar-refractivity contribution in [1.82, 2.24) is 14.9 Å². The predicted octanol–water partition coefficient (Wildman–Crippen LogP) is 4.21. The molecule has 0 saturated carbocycles. The Labute approximate surface area is 201 Å². The maximum atomic E-state index is 12.8. The van der Waals surface area contributed by atoms with Gasteiger partial charge in [0.25, 0.3) is 5.91 Å². The Morgan fingerprint density at radius 1 is 0.971 bits per heavy atom. The molecule has 2 aromatic carbocycles. The van der Waals surface area contributed by atoms with Crippen LogP contribution in [0.2, 0.25) is 0 Å². The Hall–Kier alpha value is -3.82. The van der Waals surface area contributed by atoms with Crippen molar-refractivity contribution in [2.75, 3.05) is 44.8 Å². The van der Waals surface area contributed by atoms with Crippen molar-refractivity contribution in [1.29, 1.82) is 0 Å². The van der Waals surface area contributed by atoms with Gasteiger partial charge >= 0.3 is 6.18 Å². The molecule has 7 nitrogen and oxygen atoms in total. The zero-order chi connectivity index (χ0) is 25.0. The van der Waals surface area contributed by atoms with Crippen LogP contribution < -0.4 is 14.4 Å². The Morgan fingerprint density at radius 3 is 2.23 bits per heavy atom. The predicted molar refractivity (Wildman–Crippen MR) is 124 cm³/mol. The Bertz CT molecular complexity index is 1160. The van der Waals surface area contributed by atoms with E-state index < -0.39 is 11.7 Å². The number of rotatable bonds is 6. The molecule has 0 radical (unpaired) electrons.